The Kier molecular flexibility index (Phi) is 5.45. The molecule has 1 heterocycles. The van der Waals surface area contributed by atoms with Crippen molar-refractivity contribution in [1.29, 1.82) is 0 Å². The quantitative estimate of drug-likeness (QED) is 0.178. The van der Waals surface area contributed by atoms with E-state index in [-0.39, 0.29) is 29.7 Å². The van der Waals surface area contributed by atoms with Gasteiger partial charge in [-0.25, -0.2) is 0 Å². The fourth-order valence-electron chi connectivity index (χ4n) is 6.22. The monoisotopic (exact) mass is 630 g/mol. The van der Waals surface area contributed by atoms with Crippen LogP contribution in [0.15, 0.2) is 174 Å². The van der Waals surface area contributed by atoms with E-state index in [1.807, 2.05) is 42.5 Å². The van der Waals surface area contributed by atoms with Gasteiger partial charge >= 0.3 is 0 Å². The van der Waals surface area contributed by atoms with E-state index in [0.717, 1.165) is 65.3 Å². The Labute approximate surface area is 272 Å². The Morgan fingerprint density at radius 3 is 1.80 bits per heavy atom. The zero-order chi connectivity index (χ0) is 33.8. The van der Waals surface area contributed by atoms with Gasteiger partial charge in [0.1, 0.15) is 0 Å². The highest BCUT2D eigenvalue weighted by Crippen LogP contribution is 2.40. The van der Waals surface area contributed by atoms with Crippen LogP contribution in [-0.2, 0) is 0 Å². The maximum atomic E-state index is 8.66. The number of aromatic nitrogens is 1. The summed E-state index contributed by atoms with van der Waals surface area (Å²) in [5.41, 5.74) is 10.0. The number of para-hydroxylation sites is 1. The van der Waals surface area contributed by atoms with Crippen molar-refractivity contribution in [3.8, 4) is 50.2 Å². The molecular weight excluding hydrogens is 598 g/mol. The molecule has 208 valence electrons. The third kappa shape index (κ3) is 4.56. The molecule has 1 aromatic heterocycles. The highest BCUT2D eigenvalue weighted by molar-refractivity contribution is 9.10. The fourth-order valence-corrected chi connectivity index (χ4v) is 6.71. The second-order valence-electron chi connectivity index (χ2n) is 10.7. The largest absolute Gasteiger partial charge is 0.309 e. The predicted molar refractivity (Wildman–Crippen MR) is 190 cm³/mol. The third-order valence-corrected chi connectivity index (χ3v) is 8.88. The minimum Gasteiger partial charge on any atom is -0.309 e. The lowest BCUT2D eigenvalue weighted by Gasteiger charge is -2.14. The van der Waals surface area contributed by atoms with Crippen molar-refractivity contribution in [3.63, 3.8) is 0 Å². The van der Waals surface area contributed by atoms with Crippen LogP contribution in [0.3, 0.4) is 0 Å². The van der Waals surface area contributed by atoms with Crippen molar-refractivity contribution >= 4 is 37.7 Å². The molecule has 44 heavy (non-hydrogen) atoms. The Balaban J connectivity index is 1.34. The molecule has 0 N–H and O–H groups in total. The molecule has 0 spiro atoms. The molecule has 2 heteroatoms. The smallest absolute Gasteiger partial charge is 0.0629 e. The van der Waals surface area contributed by atoms with Gasteiger partial charge in [-0.05, 0) is 74.8 Å². The number of rotatable bonds is 5. The average Bonchev–Trinajstić information content (AvgIpc) is 3.47. The average molecular weight is 632 g/mol. The van der Waals surface area contributed by atoms with Gasteiger partial charge in [0.25, 0.3) is 0 Å². The number of fused-ring (bicyclic) bond motifs is 3. The van der Waals surface area contributed by atoms with Gasteiger partial charge in [-0.1, -0.05) is 155 Å². The van der Waals surface area contributed by atoms with Gasteiger partial charge in [-0.15, -0.1) is 0 Å². The molecule has 0 bridgehead atoms. The van der Waals surface area contributed by atoms with E-state index < -0.39 is 6.04 Å². The molecule has 0 amide bonds. The van der Waals surface area contributed by atoms with E-state index in [0.29, 0.717) is 5.56 Å². The first-order chi connectivity index (χ1) is 23.8. The van der Waals surface area contributed by atoms with Crippen LogP contribution in [0, 0.1) is 0 Å². The molecule has 8 rings (SSSR count). The van der Waals surface area contributed by atoms with Crippen LogP contribution >= 0.6 is 15.9 Å². The summed E-state index contributed by atoms with van der Waals surface area (Å²) < 4.78 is 45.3. The summed E-state index contributed by atoms with van der Waals surface area (Å²) in [5, 5.41) is 2.29. The fraction of sp³-hybridized carbons (Fsp3) is 0. The van der Waals surface area contributed by atoms with Crippen molar-refractivity contribution in [2.45, 2.75) is 0 Å². The summed E-state index contributed by atoms with van der Waals surface area (Å²) in [5.74, 6) is 0. The summed E-state index contributed by atoms with van der Waals surface area (Å²) in [6.07, 6.45) is 0. The first-order valence-corrected chi connectivity index (χ1v) is 15.3. The van der Waals surface area contributed by atoms with Crippen LogP contribution in [-0.4, -0.2) is 4.57 Å². The van der Waals surface area contributed by atoms with Crippen LogP contribution in [0.5, 0.6) is 0 Å². The number of benzene rings is 7. The lowest BCUT2D eigenvalue weighted by Crippen LogP contribution is -1.95. The molecule has 0 aliphatic carbocycles. The number of hydrogen-bond acceptors (Lipinski definition) is 0. The van der Waals surface area contributed by atoms with Crippen LogP contribution in [0.2, 0.25) is 0 Å². The Bertz CT molecular complexity index is 2560. The zero-order valence-corrected chi connectivity index (χ0v) is 25.2. The minimum atomic E-state index is -0.400. The number of hydrogen-bond donors (Lipinski definition) is 0. The summed E-state index contributed by atoms with van der Waals surface area (Å²) in [4.78, 5) is 0. The number of nitrogens with zero attached hydrogens (tertiary/aromatic N) is 1. The van der Waals surface area contributed by atoms with Crippen molar-refractivity contribution in [3.05, 3.63) is 174 Å². The Hall–Kier alpha value is -5.18. The molecule has 0 saturated carbocycles. The standard InChI is InChI=1S/C42H28BrN/c43-40-23-10-8-21-37(40)36-20-7-6-19-35(36)31-25-26-39-38-22-9-11-24-41(38)44(42(39)28-31)32-16-12-15-30(27-32)34-18-5-4-17-33(34)29-13-2-1-3-14-29/h1-28H/i1D,2D,3D,13D,14D. The van der Waals surface area contributed by atoms with E-state index in [4.69, 9.17) is 6.85 Å². The normalized spacial score (nSPS) is 12.9. The van der Waals surface area contributed by atoms with Crippen molar-refractivity contribution in [1.82, 2.24) is 4.57 Å². The Morgan fingerprint density at radius 1 is 0.432 bits per heavy atom. The van der Waals surface area contributed by atoms with Gasteiger partial charge in [-0.3, -0.25) is 0 Å². The van der Waals surface area contributed by atoms with E-state index >= 15 is 0 Å². The zero-order valence-electron chi connectivity index (χ0n) is 28.6. The molecule has 0 atom stereocenters. The van der Waals surface area contributed by atoms with Crippen LogP contribution in [0.25, 0.3) is 72.0 Å². The summed E-state index contributed by atoms with van der Waals surface area (Å²) in [7, 11) is 0. The lowest BCUT2D eigenvalue weighted by atomic mass is 9.94. The van der Waals surface area contributed by atoms with E-state index in [1.165, 1.54) is 0 Å². The van der Waals surface area contributed by atoms with Crippen molar-refractivity contribution in [2.24, 2.45) is 0 Å². The second kappa shape index (κ2) is 11.1. The topological polar surface area (TPSA) is 4.93 Å². The maximum absolute atomic E-state index is 8.66. The van der Waals surface area contributed by atoms with E-state index in [2.05, 4.69) is 118 Å². The highest BCUT2D eigenvalue weighted by Gasteiger charge is 2.16. The van der Waals surface area contributed by atoms with Gasteiger partial charge in [0.2, 0.25) is 0 Å². The Morgan fingerprint density at radius 2 is 1.02 bits per heavy atom. The molecule has 0 aliphatic rings. The van der Waals surface area contributed by atoms with Crippen LogP contribution < -0.4 is 0 Å². The molecule has 7 aromatic carbocycles. The molecule has 0 aliphatic heterocycles. The van der Waals surface area contributed by atoms with Crippen LogP contribution in [0.1, 0.15) is 6.85 Å². The van der Waals surface area contributed by atoms with Crippen LogP contribution in [0.4, 0.5) is 0 Å². The molecule has 0 saturated heterocycles. The highest BCUT2D eigenvalue weighted by atomic mass is 79.9. The minimum absolute atomic E-state index is 0.192. The van der Waals surface area contributed by atoms with E-state index in [9.17, 15) is 0 Å². The molecule has 0 unspecified atom stereocenters. The SMILES string of the molecule is [2H]c1c([2H])c([2H])c(-c2ccccc2-c2cccc(-n3c4ccccc4c4ccc(-c5ccccc5-c5ccccc5Br)cc43)c2)c([2H])c1[2H]. The molecular formula is C42H28BrN. The van der Waals surface area contributed by atoms with Gasteiger partial charge in [0.05, 0.1) is 17.9 Å². The van der Waals surface area contributed by atoms with Gasteiger partial charge in [0, 0.05) is 20.9 Å². The first-order valence-electron chi connectivity index (χ1n) is 17.0. The summed E-state index contributed by atoms with van der Waals surface area (Å²) in [6.45, 7) is 0. The maximum Gasteiger partial charge on any atom is 0.0629 e. The predicted octanol–water partition coefficient (Wildman–Crippen LogP) is 12.2. The lowest BCUT2D eigenvalue weighted by molar-refractivity contribution is 1.18. The third-order valence-electron chi connectivity index (χ3n) is 8.19. The van der Waals surface area contributed by atoms with Crippen molar-refractivity contribution in [2.75, 3.05) is 0 Å². The first kappa shape index (κ1) is 21.5. The summed E-state index contributed by atoms with van der Waals surface area (Å²) in [6, 6.07) is 46.0. The molecule has 8 aromatic rings. The molecule has 0 fully saturated rings. The molecule has 0 radical (unpaired) electrons. The van der Waals surface area contributed by atoms with Gasteiger partial charge < -0.3 is 4.57 Å². The van der Waals surface area contributed by atoms with Gasteiger partial charge in [0.15, 0.2) is 0 Å². The molecule has 1 nitrogen and oxygen atoms in total. The number of halogens is 1. The van der Waals surface area contributed by atoms with E-state index in [1.54, 1.807) is 0 Å². The van der Waals surface area contributed by atoms with Crippen molar-refractivity contribution < 1.29 is 6.85 Å². The second-order valence-corrected chi connectivity index (χ2v) is 11.6. The summed E-state index contributed by atoms with van der Waals surface area (Å²) >= 11 is 3.76. The van der Waals surface area contributed by atoms with Gasteiger partial charge in [-0.2, -0.15) is 0 Å².